The third kappa shape index (κ3) is 5.30. The van der Waals surface area contributed by atoms with Crippen molar-refractivity contribution in [1.29, 1.82) is 0 Å². The summed E-state index contributed by atoms with van der Waals surface area (Å²) < 4.78 is 10.6. The standard InChI is InChI=1S/C21H25ClN2O3/c1-26-15-16-5-4-6-17(13-16)21(25)23-14-20(24-9-11-27-12-10-24)18-7-2-3-8-19(18)22/h2-8,13,20H,9-12,14-15H2,1H3,(H,23,25). The van der Waals surface area contributed by atoms with Crippen molar-refractivity contribution >= 4 is 17.5 Å². The number of amides is 1. The Morgan fingerprint density at radius 3 is 2.74 bits per heavy atom. The number of benzene rings is 2. The minimum Gasteiger partial charge on any atom is -0.380 e. The highest BCUT2D eigenvalue weighted by Crippen LogP contribution is 2.27. The predicted molar refractivity (Wildman–Crippen MR) is 106 cm³/mol. The summed E-state index contributed by atoms with van der Waals surface area (Å²) >= 11 is 6.44. The monoisotopic (exact) mass is 388 g/mol. The molecule has 0 radical (unpaired) electrons. The van der Waals surface area contributed by atoms with Crippen LogP contribution in [0.3, 0.4) is 0 Å². The first kappa shape index (κ1) is 19.8. The van der Waals surface area contributed by atoms with Gasteiger partial charge in [0.05, 0.1) is 25.9 Å². The largest absolute Gasteiger partial charge is 0.380 e. The van der Waals surface area contributed by atoms with Crippen molar-refractivity contribution < 1.29 is 14.3 Å². The highest BCUT2D eigenvalue weighted by atomic mass is 35.5. The molecule has 2 aromatic carbocycles. The molecule has 1 heterocycles. The Hall–Kier alpha value is -1.92. The van der Waals surface area contributed by atoms with E-state index in [0.29, 0.717) is 37.0 Å². The van der Waals surface area contributed by atoms with E-state index in [-0.39, 0.29) is 11.9 Å². The molecule has 5 nitrogen and oxygen atoms in total. The average Bonchev–Trinajstić information content (AvgIpc) is 2.70. The molecule has 1 unspecified atom stereocenters. The molecule has 27 heavy (non-hydrogen) atoms. The van der Waals surface area contributed by atoms with Gasteiger partial charge in [0.2, 0.25) is 0 Å². The zero-order valence-corrected chi connectivity index (χ0v) is 16.2. The van der Waals surface area contributed by atoms with E-state index in [1.54, 1.807) is 7.11 Å². The van der Waals surface area contributed by atoms with Gasteiger partial charge in [-0.05, 0) is 29.3 Å². The first-order valence-electron chi connectivity index (χ1n) is 9.11. The van der Waals surface area contributed by atoms with Crippen molar-refractivity contribution in [2.75, 3.05) is 40.0 Å². The smallest absolute Gasteiger partial charge is 0.251 e. The van der Waals surface area contributed by atoms with Crippen LogP contribution in [0.4, 0.5) is 0 Å². The van der Waals surface area contributed by atoms with E-state index >= 15 is 0 Å². The number of carbonyl (C=O) groups is 1. The Labute approximate surface area is 165 Å². The van der Waals surface area contributed by atoms with Gasteiger partial charge in [0.1, 0.15) is 0 Å². The minimum absolute atomic E-state index is 0.00806. The second-order valence-corrected chi connectivity index (χ2v) is 6.94. The molecule has 6 heteroatoms. The van der Waals surface area contributed by atoms with Crippen molar-refractivity contribution in [2.24, 2.45) is 0 Å². The second kappa shape index (κ2) is 9.85. The van der Waals surface area contributed by atoms with E-state index in [0.717, 1.165) is 24.2 Å². The Kier molecular flexibility index (Phi) is 7.24. The van der Waals surface area contributed by atoms with E-state index in [4.69, 9.17) is 21.1 Å². The maximum absolute atomic E-state index is 12.7. The van der Waals surface area contributed by atoms with Crippen molar-refractivity contribution in [2.45, 2.75) is 12.6 Å². The SMILES string of the molecule is COCc1cccc(C(=O)NCC(c2ccccc2Cl)N2CCOCC2)c1. The maximum atomic E-state index is 12.7. The number of nitrogens with zero attached hydrogens (tertiary/aromatic N) is 1. The lowest BCUT2D eigenvalue weighted by Gasteiger charge is -2.35. The van der Waals surface area contributed by atoms with Gasteiger partial charge in [-0.1, -0.05) is 41.9 Å². The number of ether oxygens (including phenoxy) is 2. The molecule has 1 aliphatic heterocycles. The zero-order valence-electron chi connectivity index (χ0n) is 15.5. The summed E-state index contributed by atoms with van der Waals surface area (Å²) in [6.45, 7) is 3.97. The quantitative estimate of drug-likeness (QED) is 0.790. The van der Waals surface area contributed by atoms with Gasteiger partial charge >= 0.3 is 0 Å². The third-order valence-electron chi connectivity index (χ3n) is 4.71. The number of hydrogen-bond acceptors (Lipinski definition) is 4. The van der Waals surface area contributed by atoms with E-state index in [2.05, 4.69) is 10.2 Å². The van der Waals surface area contributed by atoms with Gasteiger partial charge in [0.25, 0.3) is 5.91 Å². The van der Waals surface area contributed by atoms with Gasteiger partial charge in [-0.3, -0.25) is 9.69 Å². The number of rotatable bonds is 7. The summed E-state index contributed by atoms with van der Waals surface area (Å²) in [5.74, 6) is -0.0988. The Morgan fingerprint density at radius 1 is 1.22 bits per heavy atom. The Morgan fingerprint density at radius 2 is 2.00 bits per heavy atom. The van der Waals surface area contributed by atoms with Gasteiger partial charge in [-0.15, -0.1) is 0 Å². The number of halogens is 1. The zero-order chi connectivity index (χ0) is 19.1. The number of carbonyl (C=O) groups excluding carboxylic acids is 1. The number of nitrogens with one attached hydrogen (secondary N) is 1. The fraction of sp³-hybridized carbons (Fsp3) is 0.381. The lowest BCUT2D eigenvalue weighted by atomic mass is 10.0. The molecule has 1 fully saturated rings. The van der Waals surface area contributed by atoms with Gasteiger partial charge in [0, 0.05) is 37.3 Å². The van der Waals surface area contributed by atoms with Crippen LogP contribution in [0, 0.1) is 0 Å². The molecule has 3 rings (SSSR count). The first-order valence-corrected chi connectivity index (χ1v) is 9.49. The third-order valence-corrected chi connectivity index (χ3v) is 5.05. The topological polar surface area (TPSA) is 50.8 Å². The van der Waals surface area contributed by atoms with Crippen LogP contribution in [0.15, 0.2) is 48.5 Å². The van der Waals surface area contributed by atoms with E-state index < -0.39 is 0 Å². The van der Waals surface area contributed by atoms with Crippen LogP contribution >= 0.6 is 11.6 Å². The molecule has 1 saturated heterocycles. The second-order valence-electron chi connectivity index (χ2n) is 6.53. The van der Waals surface area contributed by atoms with Crippen LogP contribution in [0.25, 0.3) is 0 Å². The summed E-state index contributed by atoms with van der Waals surface area (Å²) in [4.78, 5) is 15.0. The van der Waals surface area contributed by atoms with Gasteiger partial charge in [-0.25, -0.2) is 0 Å². The molecular weight excluding hydrogens is 364 g/mol. The number of morpholine rings is 1. The van der Waals surface area contributed by atoms with Crippen LogP contribution in [0.5, 0.6) is 0 Å². The molecule has 0 spiro atoms. The molecule has 2 aromatic rings. The van der Waals surface area contributed by atoms with E-state index in [9.17, 15) is 4.79 Å². The number of methoxy groups -OCH3 is 1. The summed E-state index contributed by atoms with van der Waals surface area (Å²) in [6.07, 6.45) is 0. The lowest BCUT2D eigenvalue weighted by molar-refractivity contribution is 0.0162. The fourth-order valence-corrected chi connectivity index (χ4v) is 3.59. The van der Waals surface area contributed by atoms with Crippen LogP contribution in [0.2, 0.25) is 5.02 Å². The summed E-state index contributed by atoms with van der Waals surface area (Å²) in [7, 11) is 1.64. The normalized spacial score (nSPS) is 16.1. The van der Waals surface area contributed by atoms with Crippen molar-refractivity contribution in [3.63, 3.8) is 0 Å². The minimum atomic E-state index is -0.0988. The predicted octanol–water partition coefficient (Wildman–Crippen LogP) is 3.29. The first-order chi connectivity index (χ1) is 13.2. The van der Waals surface area contributed by atoms with E-state index in [1.807, 2.05) is 48.5 Å². The van der Waals surface area contributed by atoms with Crippen LogP contribution in [-0.4, -0.2) is 50.8 Å². The number of hydrogen-bond donors (Lipinski definition) is 1. The van der Waals surface area contributed by atoms with Gasteiger partial charge in [0.15, 0.2) is 0 Å². The molecule has 0 bridgehead atoms. The van der Waals surface area contributed by atoms with Crippen molar-refractivity contribution in [3.8, 4) is 0 Å². The van der Waals surface area contributed by atoms with E-state index in [1.165, 1.54) is 0 Å². The van der Waals surface area contributed by atoms with Crippen LogP contribution in [-0.2, 0) is 16.1 Å². The van der Waals surface area contributed by atoms with Crippen molar-refractivity contribution in [3.05, 3.63) is 70.2 Å². The highest BCUT2D eigenvalue weighted by Gasteiger charge is 2.25. The van der Waals surface area contributed by atoms with Crippen molar-refractivity contribution in [1.82, 2.24) is 10.2 Å². The fourth-order valence-electron chi connectivity index (χ4n) is 3.33. The van der Waals surface area contributed by atoms with Gasteiger partial charge in [-0.2, -0.15) is 0 Å². The van der Waals surface area contributed by atoms with Crippen LogP contribution < -0.4 is 5.32 Å². The molecule has 1 amide bonds. The molecule has 1 atom stereocenters. The molecule has 1 N–H and O–H groups in total. The van der Waals surface area contributed by atoms with Crippen LogP contribution in [0.1, 0.15) is 27.5 Å². The molecule has 0 aromatic heterocycles. The maximum Gasteiger partial charge on any atom is 0.251 e. The van der Waals surface area contributed by atoms with Gasteiger partial charge < -0.3 is 14.8 Å². The molecular formula is C21H25ClN2O3. The highest BCUT2D eigenvalue weighted by molar-refractivity contribution is 6.31. The average molecular weight is 389 g/mol. The molecule has 0 saturated carbocycles. The summed E-state index contributed by atoms with van der Waals surface area (Å²) in [6, 6.07) is 15.3. The lowest BCUT2D eigenvalue weighted by Crippen LogP contribution is -2.44. The molecule has 0 aliphatic carbocycles. The summed E-state index contributed by atoms with van der Waals surface area (Å²) in [5, 5.41) is 3.78. The Bertz CT molecular complexity index is 763. The Balaban J connectivity index is 1.73. The summed E-state index contributed by atoms with van der Waals surface area (Å²) in [5.41, 5.74) is 2.62. The molecule has 144 valence electrons. The molecule has 1 aliphatic rings.